The molecule has 2 aliphatic rings. The molecule has 82 valence electrons. The summed E-state index contributed by atoms with van der Waals surface area (Å²) in [7, 11) is 1.77. The fourth-order valence-electron chi connectivity index (χ4n) is 1.71. The van der Waals surface area contributed by atoms with Crippen molar-refractivity contribution in [2.75, 3.05) is 19.3 Å². The Bertz CT molecular complexity index is 312. The highest BCUT2D eigenvalue weighted by molar-refractivity contribution is 7.97. The van der Waals surface area contributed by atoms with Gasteiger partial charge in [-0.3, -0.25) is 9.59 Å². The van der Waals surface area contributed by atoms with Gasteiger partial charge in [-0.25, -0.2) is 4.31 Å². The molecule has 0 aromatic rings. The van der Waals surface area contributed by atoms with Crippen LogP contribution in [0.4, 0.5) is 0 Å². The maximum atomic E-state index is 11.7. The molecule has 1 atom stereocenters. The molecule has 2 rings (SSSR count). The van der Waals surface area contributed by atoms with Crippen molar-refractivity contribution >= 4 is 30.0 Å². The fourth-order valence-corrected chi connectivity index (χ4v) is 2.92. The number of aliphatic imine (C=N–C) groups is 1. The van der Waals surface area contributed by atoms with E-state index in [0.29, 0.717) is 0 Å². The van der Waals surface area contributed by atoms with Crippen molar-refractivity contribution < 1.29 is 9.59 Å². The Labute approximate surface area is 92.6 Å². The van der Waals surface area contributed by atoms with Gasteiger partial charge in [0.1, 0.15) is 0 Å². The highest BCUT2D eigenvalue weighted by Gasteiger charge is 2.36. The molecule has 1 amide bonds. The monoisotopic (exact) mass is 227 g/mol. The molecular weight excluding hydrogens is 214 g/mol. The molecule has 0 aliphatic carbocycles. The van der Waals surface area contributed by atoms with Crippen LogP contribution in [-0.2, 0) is 9.59 Å². The van der Waals surface area contributed by atoms with Gasteiger partial charge in [0.2, 0.25) is 0 Å². The number of likely N-dealkylation sites (N-methyl/N-ethyl adjacent to an activating group) is 1. The number of hydrogen-bond acceptors (Lipinski definition) is 5. The molecule has 1 unspecified atom stereocenters. The molecule has 15 heavy (non-hydrogen) atoms. The lowest BCUT2D eigenvalue weighted by molar-refractivity contribution is -0.141. The van der Waals surface area contributed by atoms with Crippen LogP contribution in [0.25, 0.3) is 0 Å². The number of amides is 1. The summed E-state index contributed by atoms with van der Waals surface area (Å²) in [5, 5.41) is 0. The van der Waals surface area contributed by atoms with Gasteiger partial charge in [0.25, 0.3) is 5.78 Å². The third kappa shape index (κ3) is 2.05. The molecule has 6 heteroatoms. The second-order valence-electron chi connectivity index (χ2n) is 3.63. The van der Waals surface area contributed by atoms with E-state index in [1.54, 1.807) is 23.9 Å². The molecule has 0 radical (unpaired) electrons. The lowest BCUT2D eigenvalue weighted by atomic mass is 10.2. The Balaban J connectivity index is 2.15. The van der Waals surface area contributed by atoms with Crippen LogP contribution in [0.5, 0.6) is 0 Å². The number of Topliss-reactive ketones (excluding diaryl/α,β-unsaturated/α-hetero) is 1. The van der Waals surface area contributed by atoms with E-state index < -0.39 is 17.9 Å². The zero-order chi connectivity index (χ0) is 10.8. The first kappa shape index (κ1) is 10.6. The Morgan fingerprint density at radius 2 is 2.27 bits per heavy atom. The molecule has 5 nitrogen and oxygen atoms in total. The zero-order valence-electron chi connectivity index (χ0n) is 8.55. The molecule has 2 aliphatic heterocycles. The summed E-state index contributed by atoms with van der Waals surface area (Å²) < 4.78 is 1.98. The second kappa shape index (κ2) is 4.32. The molecular formula is C9H13N3O2S. The standard InChI is InChI=1S/C9H13N3O2S/c1-11-6-10-8(14)7(13)9(11)12-4-2-3-5-15-12/h6,9H,2-5H2,1H3. The van der Waals surface area contributed by atoms with Crippen molar-refractivity contribution in [3.8, 4) is 0 Å². The van der Waals surface area contributed by atoms with E-state index in [1.807, 2.05) is 4.31 Å². The molecule has 0 aromatic carbocycles. The second-order valence-corrected chi connectivity index (χ2v) is 4.77. The summed E-state index contributed by atoms with van der Waals surface area (Å²) in [6.45, 7) is 0.854. The predicted octanol–water partition coefficient (Wildman–Crippen LogP) is 0.126. The quantitative estimate of drug-likeness (QED) is 0.470. The van der Waals surface area contributed by atoms with E-state index in [1.165, 1.54) is 12.8 Å². The highest BCUT2D eigenvalue weighted by Crippen LogP contribution is 2.24. The van der Waals surface area contributed by atoms with E-state index >= 15 is 0 Å². The first-order valence-electron chi connectivity index (χ1n) is 4.94. The van der Waals surface area contributed by atoms with Crippen molar-refractivity contribution in [1.29, 1.82) is 0 Å². The maximum Gasteiger partial charge on any atom is 0.318 e. The van der Waals surface area contributed by atoms with Crippen molar-refractivity contribution in [1.82, 2.24) is 9.21 Å². The van der Waals surface area contributed by atoms with Gasteiger partial charge in [-0.1, -0.05) is 11.9 Å². The van der Waals surface area contributed by atoms with Crippen LogP contribution in [0.3, 0.4) is 0 Å². The van der Waals surface area contributed by atoms with Crippen LogP contribution in [-0.4, -0.2) is 52.7 Å². The minimum absolute atomic E-state index is 0.422. The van der Waals surface area contributed by atoms with Crippen LogP contribution in [0.15, 0.2) is 4.99 Å². The van der Waals surface area contributed by atoms with Gasteiger partial charge in [0.15, 0.2) is 6.17 Å². The van der Waals surface area contributed by atoms with Gasteiger partial charge in [0, 0.05) is 19.3 Å². The average molecular weight is 227 g/mol. The van der Waals surface area contributed by atoms with Crippen LogP contribution >= 0.6 is 11.9 Å². The first-order chi connectivity index (χ1) is 7.20. The number of hydrogen-bond donors (Lipinski definition) is 0. The zero-order valence-corrected chi connectivity index (χ0v) is 9.37. The number of carbonyl (C=O) groups excluding carboxylic acids is 2. The normalized spacial score (nSPS) is 28.6. The van der Waals surface area contributed by atoms with Crippen LogP contribution in [0.1, 0.15) is 12.8 Å². The molecule has 1 fully saturated rings. The lowest BCUT2D eigenvalue weighted by Gasteiger charge is -2.37. The molecule has 2 heterocycles. The van der Waals surface area contributed by atoms with Gasteiger partial charge < -0.3 is 4.90 Å². The summed E-state index contributed by atoms with van der Waals surface area (Å²) in [5.74, 6) is -0.0400. The topological polar surface area (TPSA) is 53.0 Å². The molecule has 0 aromatic heterocycles. The molecule has 1 saturated heterocycles. The Kier molecular flexibility index (Phi) is 3.06. The van der Waals surface area contributed by atoms with E-state index in [2.05, 4.69) is 4.99 Å². The minimum atomic E-state index is -0.635. The number of nitrogens with zero attached hydrogens (tertiary/aromatic N) is 3. The summed E-state index contributed by atoms with van der Waals surface area (Å²) in [4.78, 5) is 28.1. The predicted molar refractivity (Wildman–Crippen MR) is 58.5 cm³/mol. The van der Waals surface area contributed by atoms with Gasteiger partial charge in [0.05, 0.1) is 6.34 Å². The Hall–Kier alpha value is -0.880. The SMILES string of the molecule is CN1C=NC(=O)C(=O)C1N1CCCCS1. The first-order valence-corrected chi connectivity index (χ1v) is 5.88. The van der Waals surface area contributed by atoms with E-state index in [-0.39, 0.29) is 0 Å². The summed E-state index contributed by atoms with van der Waals surface area (Å²) >= 11 is 1.64. The van der Waals surface area contributed by atoms with E-state index in [4.69, 9.17) is 0 Å². The molecule has 0 spiro atoms. The third-order valence-corrected chi connectivity index (χ3v) is 3.68. The van der Waals surface area contributed by atoms with Crippen LogP contribution in [0, 0.1) is 0 Å². The maximum absolute atomic E-state index is 11.7. The smallest absolute Gasteiger partial charge is 0.318 e. The fraction of sp³-hybridized carbons (Fsp3) is 0.667. The number of ketones is 1. The van der Waals surface area contributed by atoms with Gasteiger partial charge in [-0.2, -0.15) is 4.99 Å². The van der Waals surface area contributed by atoms with E-state index in [0.717, 1.165) is 18.7 Å². The van der Waals surface area contributed by atoms with Crippen molar-refractivity contribution in [3.63, 3.8) is 0 Å². The van der Waals surface area contributed by atoms with Gasteiger partial charge >= 0.3 is 5.91 Å². The third-order valence-electron chi connectivity index (χ3n) is 2.49. The number of rotatable bonds is 1. The van der Waals surface area contributed by atoms with Gasteiger partial charge in [-0.05, 0) is 12.8 Å². The highest BCUT2D eigenvalue weighted by atomic mass is 32.2. The Morgan fingerprint density at radius 1 is 1.47 bits per heavy atom. The molecule has 0 bridgehead atoms. The average Bonchev–Trinajstić information content (AvgIpc) is 2.26. The largest absolute Gasteiger partial charge is 0.342 e. The van der Waals surface area contributed by atoms with Crippen molar-refractivity contribution in [2.24, 2.45) is 4.99 Å². The van der Waals surface area contributed by atoms with Gasteiger partial charge in [-0.15, -0.1) is 0 Å². The lowest BCUT2D eigenvalue weighted by Crippen LogP contribution is -2.54. The minimum Gasteiger partial charge on any atom is -0.342 e. The summed E-state index contributed by atoms with van der Waals surface area (Å²) in [6, 6.07) is 0. The van der Waals surface area contributed by atoms with Crippen molar-refractivity contribution in [3.05, 3.63) is 0 Å². The van der Waals surface area contributed by atoms with Crippen LogP contribution < -0.4 is 0 Å². The van der Waals surface area contributed by atoms with Crippen LogP contribution in [0.2, 0.25) is 0 Å². The Morgan fingerprint density at radius 3 is 2.93 bits per heavy atom. The van der Waals surface area contributed by atoms with Crippen molar-refractivity contribution in [2.45, 2.75) is 19.0 Å². The van der Waals surface area contributed by atoms with E-state index in [9.17, 15) is 9.59 Å². The molecule has 0 N–H and O–H groups in total. The number of carbonyl (C=O) groups is 2. The summed E-state index contributed by atoms with van der Waals surface area (Å²) in [6.07, 6.45) is 3.23. The molecule has 0 saturated carbocycles. The summed E-state index contributed by atoms with van der Waals surface area (Å²) in [5.41, 5.74) is 0.